The molecule has 0 fully saturated rings. The summed E-state index contributed by atoms with van der Waals surface area (Å²) in [6.07, 6.45) is 11.2. The Morgan fingerprint density at radius 2 is 1.10 bits per heavy atom. The molecule has 0 N–H and O–H groups in total. The quantitative estimate of drug-likeness (QED) is 0.342. The first-order valence-electron chi connectivity index (χ1n) is 8.47. The maximum Gasteiger partial charge on any atom is 0.152 e. The number of thiol groups is 2. The van der Waals surface area contributed by atoms with Crippen molar-refractivity contribution in [1.29, 1.82) is 0 Å². The Hall–Kier alpha value is 0.650. The predicted molar refractivity (Wildman–Crippen MR) is 102 cm³/mol. The van der Waals surface area contributed by atoms with E-state index < -0.39 is 9.84 Å². The van der Waals surface area contributed by atoms with Crippen LogP contribution in [0.4, 0.5) is 0 Å². The average Bonchev–Trinajstić information content (AvgIpc) is 2.38. The van der Waals surface area contributed by atoms with Crippen LogP contribution in [0.25, 0.3) is 0 Å². The molecule has 0 amide bonds. The highest BCUT2D eigenvalue weighted by atomic mass is 32.2. The van der Waals surface area contributed by atoms with Crippen LogP contribution in [0, 0.1) is 0 Å². The minimum absolute atomic E-state index is 0.0209. The summed E-state index contributed by atoms with van der Waals surface area (Å²) in [6, 6.07) is 0. The first-order chi connectivity index (χ1) is 9.91. The van der Waals surface area contributed by atoms with Crippen LogP contribution in [0.5, 0.6) is 0 Å². The van der Waals surface area contributed by atoms with Gasteiger partial charge in [0, 0.05) is 10.5 Å². The Balaban J connectivity index is 3.89. The molecule has 0 aliphatic rings. The summed E-state index contributed by atoms with van der Waals surface area (Å²) < 4.78 is 24.3. The van der Waals surface area contributed by atoms with Crippen LogP contribution >= 0.6 is 25.3 Å². The Labute approximate surface area is 143 Å². The maximum absolute atomic E-state index is 12.1. The third-order valence-electron chi connectivity index (χ3n) is 3.67. The number of hydrogen-bond acceptors (Lipinski definition) is 4. The van der Waals surface area contributed by atoms with Gasteiger partial charge >= 0.3 is 0 Å². The molecule has 2 unspecified atom stereocenters. The molecule has 0 aliphatic carbocycles. The minimum atomic E-state index is -3.02. The van der Waals surface area contributed by atoms with E-state index in [0.717, 1.165) is 25.7 Å². The zero-order valence-electron chi connectivity index (χ0n) is 13.8. The molecule has 0 aromatic carbocycles. The van der Waals surface area contributed by atoms with Crippen molar-refractivity contribution in [3.05, 3.63) is 0 Å². The van der Waals surface area contributed by atoms with Crippen molar-refractivity contribution in [2.45, 2.75) is 88.6 Å². The second kappa shape index (κ2) is 13.1. The van der Waals surface area contributed by atoms with Crippen molar-refractivity contribution in [3.8, 4) is 0 Å². The molecule has 0 heterocycles. The van der Waals surface area contributed by atoms with E-state index in [-0.39, 0.29) is 22.0 Å². The second-order valence-electron chi connectivity index (χ2n) is 6.08. The molecule has 0 spiro atoms. The monoisotopic (exact) mass is 354 g/mol. The molecule has 0 saturated carbocycles. The minimum Gasteiger partial charge on any atom is -0.229 e. The first-order valence-corrected chi connectivity index (χ1v) is 11.3. The van der Waals surface area contributed by atoms with Crippen LogP contribution in [-0.4, -0.2) is 30.4 Å². The van der Waals surface area contributed by atoms with Gasteiger partial charge in [0.1, 0.15) is 0 Å². The van der Waals surface area contributed by atoms with E-state index in [1.807, 2.05) is 0 Å². The zero-order valence-corrected chi connectivity index (χ0v) is 16.4. The van der Waals surface area contributed by atoms with Crippen molar-refractivity contribution in [2.75, 3.05) is 11.5 Å². The Morgan fingerprint density at radius 1 is 0.714 bits per heavy atom. The molecule has 2 atom stereocenters. The highest BCUT2D eigenvalue weighted by Gasteiger charge is 2.19. The van der Waals surface area contributed by atoms with Gasteiger partial charge in [-0.3, -0.25) is 0 Å². The highest BCUT2D eigenvalue weighted by Crippen LogP contribution is 2.16. The predicted octanol–water partition coefficient (Wildman–Crippen LogP) is 4.94. The summed E-state index contributed by atoms with van der Waals surface area (Å²) in [5, 5.41) is -0.0417. The number of rotatable bonds is 14. The topological polar surface area (TPSA) is 34.1 Å². The number of hydrogen-bond donors (Lipinski definition) is 2. The van der Waals surface area contributed by atoms with Gasteiger partial charge in [-0.05, 0) is 12.8 Å². The third-order valence-corrected chi connectivity index (χ3v) is 6.87. The SMILES string of the molecule is CCCCCCC(S)CS(=O)(=O)CC(S)CCCCCC. The van der Waals surface area contributed by atoms with Gasteiger partial charge < -0.3 is 0 Å². The van der Waals surface area contributed by atoms with E-state index in [9.17, 15) is 8.42 Å². The van der Waals surface area contributed by atoms with Gasteiger partial charge in [0.2, 0.25) is 0 Å². The van der Waals surface area contributed by atoms with Gasteiger partial charge in [-0.1, -0.05) is 65.2 Å². The lowest BCUT2D eigenvalue weighted by Gasteiger charge is -2.14. The normalized spacial score (nSPS) is 15.0. The summed E-state index contributed by atoms with van der Waals surface area (Å²) in [5.74, 6) is 0.405. The van der Waals surface area contributed by atoms with E-state index in [1.54, 1.807) is 0 Å². The van der Waals surface area contributed by atoms with Gasteiger partial charge in [-0.25, -0.2) is 8.42 Å². The fourth-order valence-electron chi connectivity index (χ4n) is 2.43. The summed E-state index contributed by atoms with van der Waals surface area (Å²) in [7, 11) is -3.02. The zero-order chi connectivity index (χ0) is 16.1. The van der Waals surface area contributed by atoms with Crippen molar-refractivity contribution < 1.29 is 8.42 Å². The van der Waals surface area contributed by atoms with Gasteiger partial charge in [-0.15, -0.1) is 0 Å². The first kappa shape index (κ1) is 21.6. The van der Waals surface area contributed by atoms with Crippen LogP contribution in [-0.2, 0) is 9.84 Å². The second-order valence-corrected chi connectivity index (χ2v) is 9.70. The van der Waals surface area contributed by atoms with Crippen LogP contribution in [0.1, 0.15) is 78.1 Å². The van der Waals surface area contributed by atoms with Gasteiger partial charge in [0.25, 0.3) is 0 Å². The molecule has 2 nitrogen and oxygen atoms in total. The Morgan fingerprint density at radius 3 is 1.43 bits per heavy atom. The largest absolute Gasteiger partial charge is 0.229 e. The fraction of sp³-hybridized carbons (Fsp3) is 1.00. The standard InChI is InChI=1S/C16H34O2S3/c1-3-5-7-9-11-15(19)13-21(17,18)14-16(20)12-10-8-6-4-2/h15-16,19-20H,3-14H2,1-2H3. The van der Waals surface area contributed by atoms with Crippen LogP contribution < -0.4 is 0 Å². The lowest BCUT2D eigenvalue weighted by Crippen LogP contribution is -2.24. The summed E-state index contributed by atoms with van der Waals surface area (Å²) in [5.41, 5.74) is 0. The average molecular weight is 355 g/mol. The van der Waals surface area contributed by atoms with Gasteiger partial charge in [-0.2, -0.15) is 25.3 Å². The fourth-order valence-corrected chi connectivity index (χ4v) is 5.80. The Bertz CT molecular complexity index is 302. The molecule has 0 aromatic heterocycles. The van der Waals surface area contributed by atoms with Gasteiger partial charge in [0.05, 0.1) is 11.5 Å². The molecule has 128 valence electrons. The number of unbranched alkanes of at least 4 members (excludes halogenated alkanes) is 6. The van der Waals surface area contributed by atoms with Crippen molar-refractivity contribution >= 4 is 35.1 Å². The molecule has 0 rings (SSSR count). The summed E-state index contributed by atoms with van der Waals surface area (Å²) in [4.78, 5) is 0. The molecule has 21 heavy (non-hydrogen) atoms. The van der Waals surface area contributed by atoms with E-state index in [4.69, 9.17) is 0 Å². The van der Waals surface area contributed by atoms with Crippen LogP contribution in [0.2, 0.25) is 0 Å². The molecular weight excluding hydrogens is 320 g/mol. The molecule has 0 radical (unpaired) electrons. The van der Waals surface area contributed by atoms with Crippen LogP contribution in [0.15, 0.2) is 0 Å². The van der Waals surface area contributed by atoms with Crippen LogP contribution in [0.3, 0.4) is 0 Å². The maximum atomic E-state index is 12.1. The third kappa shape index (κ3) is 14.0. The van der Waals surface area contributed by atoms with E-state index in [1.165, 1.54) is 38.5 Å². The summed E-state index contributed by atoms with van der Waals surface area (Å²) >= 11 is 8.88. The van der Waals surface area contributed by atoms with E-state index in [2.05, 4.69) is 39.1 Å². The lowest BCUT2D eigenvalue weighted by atomic mass is 10.1. The van der Waals surface area contributed by atoms with Crippen molar-refractivity contribution in [1.82, 2.24) is 0 Å². The Kier molecular flexibility index (Phi) is 13.5. The summed E-state index contributed by atoms with van der Waals surface area (Å²) in [6.45, 7) is 4.35. The smallest absolute Gasteiger partial charge is 0.152 e. The molecule has 0 aromatic rings. The molecule has 5 heteroatoms. The van der Waals surface area contributed by atoms with E-state index >= 15 is 0 Å². The highest BCUT2D eigenvalue weighted by molar-refractivity contribution is 7.93. The number of sulfone groups is 1. The molecule has 0 aliphatic heterocycles. The molecule has 0 saturated heterocycles. The molecular formula is C16H34O2S3. The molecule has 0 bridgehead atoms. The van der Waals surface area contributed by atoms with Crippen molar-refractivity contribution in [2.24, 2.45) is 0 Å². The van der Waals surface area contributed by atoms with Gasteiger partial charge in [0.15, 0.2) is 9.84 Å². The lowest BCUT2D eigenvalue weighted by molar-refractivity contribution is 0.579. The van der Waals surface area contributed by atoms with Crippen molar-refractivity contribution in [3.63, 3.8) is 0 Å². The van der Waals surface area contributed by atoms with E-state index in [0.29, 0.717) is 0 Å².